The Kier molecular flexibility index (Phi) is 4.02. The predicted molar refractivity (Wildman–Crippen MR) is 89.8 cm³/mol. The van der Waals surface area contributed by atoms with E-state index in [2.05, 4.69) is 0 Å². The topological polar surface area (TPSA) is 60.9 Å². The summed E-state index contributed by atoms with van der Waals surface area (Å²) in [6.45, 7) is 3.11. The molecule has 2 aromatic carbocycles. The normalized spacial score (nSPS) is 11.0. The number of aryl methyl sites for hydroxylation is 1. The number of aromatic nitrogens is 2. The van der Waals surface area contributed by atoms with Crippen molar-refractivity contribution in [3.8, 4) is 11.4 Å². The highest BCUT2D eigenvalue weighted by Gasteiger charge is 2.12. The summed E-state index contributed by atoms with van der Waals surface area (Å²) >= 11 is 0. The highest BCUT2D eigenvalue weighted by molar-refractivity contribution is 5.80. The Labute approximate surface area is 129 Å². The molecule has 0 aliphatic carbocycles. The minimum absolute atomic E-state index is 0.000929. The van der Waals surface area contributed by atoms with E-state index in [1.165, 1.54) is 0 Å². The van der Waals surface area contributed by atoms with Crippen LogP contribution in [-0.2, 0) is 6.54 Å². The zero-order valence-corrected chi connectivity index (χ0v) is 12.6. The zero-order chi connectivity index (χ0) is 15.5. The fraction of sp³-hybridized carbons (Fsp3) is 0.222. The van der Waals surface area contributed by atoms with Gasteiger partial charge in [0.25, 0.3) is 5.56 Å². The fourth-order valence-electron chi connectivity index (χ4n) is 2.60. The summed E-state index contributed by atoms with van der Waals surface area (Å²) in [6.07, 6.45) is 0.749. The van der Waals surface area contributed by atoms with Crippen LogP contribution < -0.4 is 11.3 Å². The molecule has 0 bridgehead atoms. The van der Waals surface area contributed by atoms with Crippen molar-refractivity contribution in [2.75, 3.05) is 6.54 Å². The molecule has 0 spiro atoms. The van der Waals surface area contributed by atoms with E-state index in [-0.39, 0.29) is 5.56 Å². The van der Waals surface area contributed by atoms with Gasteiger partial charge < -0.3 is 5.73 Å². The minimum atomic E-state index is 0.000929. The van der Waals surface area contributed by atoms with E-state index in [0.717, 1.165) is 23.1 Å². The Hall–Kier alpha value is -2.46. The van der Waals surface area contributed by atoms with Gasteiger partial charge in [-0.15, -0.1) is 0 Å². The van der Waals surface area contributed by atoms with E-state index >= 15 is 0 Å². The first-order valence-corrected chi connectivity index (χ1v) is 7.47. The van der Waals surface area contributed by atoms with Gasteiger partial charge in [0.15, 0.2) is 0 Å². The van der Waals surface area contributed by atoms with Crippen LogP contribution in [0.5, 0.6) is 0 Å². The zero-order valence-electron chi connectivity index (χ0n) is 12.6. The Bertz CT molecular complexity index is 853. The van der Waals surface area contributed by atoms with Gasteiger partial charge in [-0.25, -0.2) is 4.98 Å². The molecule has 4 heteroatoms. The Morgan fingerprint density at radius 1 is 1.14 bits per heavy atom. The van der Waals surface area contributed by atoms with Crippen molar-refractivity contribution < 1.29 is 0 Å². The summed E-state index contributed by atoms with van der Waals surface area (Å²) in [5, 5.41) is 0.664. The van der Waals surface area contributed by atoms with Crippen LogP contribution in [0.1, 0.15) is 12.0 Å². The first kappa shape index (κ1) is 14.5. The van der Waals surface area contributed by atoms with Crippen molar-refractivity contribution in [2.45, 2.75) is 19.9 Å². The van der Waals surface area contributed by atoms with Crippen LogP contribution in [-0.4, -0.2) is 16.1 Å². The van der Waals surface area contributed by atoms with Crippen molar-refractivity contribution in [1.82, 2.24) is 9.55 Å². The summed E-state index contributed by atoms with van der Waals surface area (Å²) in [4.78, 5) is 17.6. The first-order chi connectivity index (χ1) is 10.7. The van der Waals surface area contributed by atoms with Crippen molar-refractivity contribution in [3.05, 3.63) is 64.4 Å². The number of nitrogens with zero attached hydrogens (tertiary/aromatic N) is 2. The lowest BCUT2D eigenvalue weighted by Crippen LogP contribution is -2.24. The van der Waals surface area contributed by atoms with Gasteiger partial charge in [-0.05, 0) is 32.0 Å². The number of hydrogen-bond acceptors (Lipinski definition) is 3. The maximum atomic E-state index is 12.9. The smallest absolute Gasteiger partial charge is 0.261 e. The quantitative estimate of drug-likeness (QED) is 0.804. The summed E-state index contributed by atoms with van der Waals surface area (Å²) in [7, 11) is 0. The summed E-state index contributed by atoms with van der Waals surface area (Å²) < 4.78 is 1.74. The molecule has 0 atom stereocenters. The van der Waals surface area contributed by atoms with E-state index in [1.807, 2.05) is 55.5 Å². The molecule has 0 aliphatic heterocycles. The van der Waals surface area contributed by atoms with E-state index < -0.39 is 0 Å². The standard InChI is InChI=1S/C18H19N3O/c1-13-8-9-16-15(12-13)18(22)21(11-5-10-19)17(20-16)14-6-3-2-4-7-14/h2-4,6-9,12H,5,10-11,19H2,1H3. The van der Waals surface area contributed by atoms with Crippen LogP contribution in [0.2, 0.25) is 0 Å². The largest absolute Gasteiger partial charge is 0.330 e. The molecule has 0 fully saturated rings. The molecular weight excluding hydrogens is 274 g/mol. The lowest BCUT2D eigenvalue weighted by atomic mass is 10.1. The minimum Gasteiger partial charge on any atom is -0.330 e. The van der Waals surface area contributed by atoms with Gasteiger partial charge in [-0.1, -0.05) is 42.0 Å². The third-order valence-corrected chi connectivity index (χ3v) is 3.73. The highest BCUT2D eigenvalue weighted by Crippen LogP contribution is 2.19. The molecule has 0 unspecified atom stereocenters. The second kappa shape index (κ2) is 6.12. The lowest BCUT2D eigenvalue weighted by molar-refractivity contribution is 0.632. The first-order valence-electron chi connectivity index (χ1n) is 7.47. The molecule has 22 heavy (non-hydrogen) atoms. The second-order valence-electron chi connectivity index (χ2n) is 5.42. The fourth-order valence-corrected chi connectivity index (χ4v) is 2.60. The molecule has 3 aromatic rings. The van der Waals surface area contributed by atoms with Gasteiger partial charge in [-0.2, -0.15) is 0 Å². The SMILES string of the molecule is Cc1ccc2nc(-c3ccccc3)n(CCCN)c(=O)c2c1. The average Bonchev–Trinajstić information content (AvgIpc) is 2.55. The van der Waals surface area contributed by atoms with E-state index in [0.29, 0.717) is 24.3 Å². The molecule has 0 saturated heterocycles. The number of fused-ring (bicyclic) bond motifs is 1. The van der Waals surface area contributed by atoms with E-state index in [1.54, 1.807) is 4.57 Å². The van der Waals surface area contributed by atoms with Crippen molar-refractivity contribution in [3.63, 3.8) is 0 Å². The third kappa shape index (κ3) is 2.65. The molecule has 4 nitrogen and oxygen atoms in total. The van der Waals surface area contributed by atoms with Crippen molar-refractivity contribution in [1.29, 1.82) is 0 Å². The van der Waals surface area contributed by atoms with Gasteiger partial charge in [-0.3, -0.25) is 9.36 Å². The molecule has 2 N–H and O–H groups in total. The summed E-state index contributed by atoms with van der Waals surface area (Å²) in [5.41, 5.74) is 8.35. The van der Waals surface area contributed by atoms with Gasteiger partial charge in [0.1, 0.15) is 5.82 Å². The Balaban J connectivity index is 2.29. The van der Waals surface area contributed by atoms with Gasteiger partial charge in [0.2, 0.25) is 0 Å². The van der Waals surface area contributed by atoms with Gasteiger partial charge >= 0.3 is 0 Å². The maximum Gasteiger partial charge on any atom is 0.261 e. The molecule has 112 valence electrons. The van der Waals surface area contributed by atoms with E-state index in [9.17, 15) is 4.79 Å². The third-order valence-electron chi connectivity index (χ3n) is 3.73. The molecule has 0 saturated carbocycles. The molecule has 0 radical (unpaired) electrons. The number of hydrogen-bond donors (Lipinski definition) is 1. The molecule has 0 amide bonds. The maximum absolute atomic E-state index is 12.9. The molecule has 1 aromatic heterocycles. The number of nitrogens with two attached hydrogens (primary N) is 1. The number of benzene rings is 2. The van der Waals surface area contributed by atoms with Gasteiger partial charge in [0, 0.05) is 12.1 Å². The van der Waals surface area contributed by atoms with Crippen LogP contribution in [0, 0.1) is 6.92 Å². The van der Waals surface area contributed by atoms with Crippen LogP contribution in [0.4, 0.5) is 0 Å². The van der Waals surface area contributed by atoms with Crippen LogP contribution in [0.25, 0.3) is 22.3 Å². The molecule has 1 heterocycles. The van der Waals surface area contributed by atoms with Crippen LogP contribution >= 0.6 is 0 Å². The van der Waals surface area contributed by atoms with E-state index in [4.69, 9.17) is 10.7 Å². The predicted octanol–water partition coefficient (Wildman–Crippen LogP) is 2.72. The van der Waals surface area contributed by atoms with Crippen molar-refractivity contribution >= 4 is 10.9 Å². The summed E-state index contributed by atoms with van der Waals surface area (Å²) in [5.74, 6) is 0.704. The second-order valence-corrected chi connectivity index (χ2v) is 5.42. The number of rotatable bonds is 4. The van der Waals surface area contributed by atoms with Crippen LogP contribution in [0.3, 0.4) is 0 Å². The Morgan fingerprint density at radius 3 is 2.64 bits per heavy atom. The van der Waals surface area contributed by atoms with Crippen LogP contribution in [0.15, 0.2) is 53.3 Å². The van der Waals surface area contributed by atoms with Crippen molar-refractivity contribution in [2.24, 2.45) is 5.73 Å². The molecule has 3 rings (SSSR count). The van der Waals surface area contributed by atoms with Gasteiger partial charge in [0.05, 0.1) is 10.9 Å². The molecular formula is C18H19N3O. The highest BCUT2D eigenvalue weighted by atomic mass is 16.1. The average molecular weight is 293 g/mol. The monoisotopic (exact) mass is 293 g/mol. The Morgan fingerprint density at radius 2 is 1.91 bits per heavy atom. The summed E-state index contributed by atoms with van der Waals surface area (Å²) in [6, 6.07) is 15.6. The lowest BCUT2D eigenvalue weighted by Gasteiger charge is -2.13. The molecule has 0 aliphatic rings.